The van der Waals surface area contributed by atoms with E-state index in [4.69, 9.17) is 5.73 Å². The normalized spacial score (nSPS) is 13.6. The molecule has 0 aliphatic rings. The summed E-state index contributed by atoms with van der Waals surface area (Å²) >= 11 is 1.47. The molecule has 1 aromatic carbocycles. The number of alkyl halides is 3. The van der Waals surface area contributed by atoms with Gasteiger partial charge in [-0.25, -0.2) is 0 Å². The Kier molecular flexibility index (Phi) is 3.22. The fourth-order valence-corrected chi connectivity index (χ4v) is 2.25. The molecule has 17 heavy (non-hydrogen) atoms. The van der Waals surface area contributed by atoms with Gasteiger partial charge in [0.2, 0.25) is 0 Å². The molecule has 0 radical (unpaired) electrons. The van der Waals surface area contributed by atoms with E-state index in [1.54, 1.807) is 6.07 Å². The van der Waals surface area contributed by atoms with Crippen LogP contribution in [0, 0.1) is 0 Å². The van der Waals surface area contributed by atoms with E-state index in [2.05, 4.69) is 0 Å². The zero-order chi connectivity index (χ0) is 12.5. The quantitative estimate of drug-likeness (QED) is 0.869. The van der Waals surface area contributed by atoms with Gasteiger partial charge in [-0.05, 0) is 40.1 Å². The summed E-state index contributed by atoms with van der Waals surface area (Å²) in [7, 11) is 0. The topological polar surface area (TPSA) is 26.0 Å². The molecule has 0 bridgehead atoms. The van der Waals surface area contributed by atoms with Gasteiger partial charge in [-0.15, -0.1) is 0 Å². The van der Waals surface area contributed by atoms with Crippen LogP contribution in [-0.4, -0.2) is 0 Å². The van der Waals surface area contributed by atoms with Crippen molar-refractivity contribution in [1.29, 1.82) is 0 Å². The molecule has 1 nitrogen and oxygen atoms in total. The van der Waals surface area contributed by atoms with Crippen LogP contribution >= 0.6 is 11.3 Å². The number of halogens is 3. The van der Waals surface area contributed by atoms with Gasteiger partial charge in [-0.3, -0.25) is 0 Å². The lowest BCUT2D eigenvalue weighted by Gasteiger charge is -2.13. The molecule has 1 heterocycles. The van der Waals surface area contributed by atoms with Crippen molar-refractivity contribution >= 4 is 11.3 Å². The molecule has 0 saturated heterocycles. The van der Waals surface area contributed by atoms with Crippen LogP contribution in [-0.2, 0) is 6.18 Å². The fraction of sp³-hybridized carbons (Fsp3) is 0.167. The zero-order valence-electron chi connectivity index (χ0n) is 8.74. The molecule has 1 aromatic heterocycles. The third-order valence-electron chi connectivity index (χ3n) is 2.48. The van der Waals surface area contributed by atoms with Crippen LogP contribution in [0.25, 0.3) is 0 Å². The van der Waals surface area contributed by atoms with Gasteiger partial charge in [0.05, 0.1) is 11.6 Å². The second kappa shape index (κ2) is 4.50. The summed E-state index contributed by atoms with van der Waals surface area (Å²) < 4.78 is 37.6. The van der Waals surface area contributed by atoms with E-state index in [1.807, 2.05) is 16.8 Å². The van der Waals surface area contributed by atoms with Gasteiger partial charge < -0.3 is 5.73 Å². The first-order chi connectivity index (χ1) is 7.98. The maximum atomic E-state index is 12.5. The van der Waals surface area contributed by atoms with Crippen molar-refractivity contribution in [3.63, 3.8) is 0 Å². The average Bonchev–Trinajstić information content (AvgIpc) is 2.80. The fourth-order valence-electron chi connectivity index (χ4n) is 1.55. The Morgan fingerprint density at radius 2 is 1.88 bits per heavy atom. The highest BCUT2D eigenvalue weighted by Crippen LogP contribution is 2.31. The van der Waals surface area contributed by atoms with Gasteiger partial charge in [0.15, 0.2) is 0 Å². The summed E-state index contributed by atoms with van der Waals surface area (Å²) in [6, 6.07) is 6.44. The van der Waals surface area contributed by atoms with Gasteiger partial charge in [-0.2, -0.15) is 24.5 Å². The Bertz CT molecular complexity index is 491. The number of nitrogens with two attached hydrogens (primary N) is 1. The molecule has 2 rings (SSSR count). The van der Waals surface area contributed by atoms with Gasteiger partial charge in [0.1, 0.15) is 0 Å². The van der Waals surface area contributed by atoms with Crippen LogP contribution in [0.4, 0.5) is 13.2 Å². The lowest BCUT2D eigenvalue weighted by atomic mass is 10.00. The SMILES string of the molecule is NC(c1ccsc1)c1cccc(C(F)(F)F)c1. The number of rotatable bonds is 2. The Morgan fingerprint density at radius 1 is 1.12 bits per heavy atom. The van der Waals surface area contributed by atoms with Crippen LogP contribution in [0.15, 0.2) is 41.1 Å². The van der Waals surface area contributed by atoms with Gasteiger partial charge in [0, 0.05) is 0 Å². The summed E-state index contributed by atoms with van der Waals surface area (Å²) in [6.45, 7) is 0. The standard InChI is InChI=1S/C12H10F3NS/c13-12(14,15)10-3-1-2-8(6-10)11(16)9-4-5-17-7-9/h1-7,11H,16H2. The summed E-state index contributed by atoms with van der Waals surface area (Å²) in [5, 5.41) is 3.69. The molecule has 1 unspecified atom stereocenters. The molecule has 90 valence electrons. The molecular weight excluding hydrogens is 247 g/mol. The Morgan fingerprint density at radius 3 is 2.47 bits per heavy atom. The summed E-state index contributed by atoms with van der Waals surface area (Å²) in [4.78, 5) is 0. The number of thiophene rings is 1. The second-order valence-electron chi connectivity index (χ2n) is 3.66. The minimum absolute atomic E-state index is 0.471. The monoisotopic (exact) mass is 257 g/mol. The Hall–Kier alpha value is -1.33. The average molecular weight is 257 g/mol. The van der Waals surface area contributed by atoms with Crippen LogP contribution in [0.3, 0.4) is 0 Å². The van der Waals surface area contributed by atoms with E-state index >= 15 is 0 Å². The number of hydrogen-bond acceptors (Lipinski definition) is 2. The van der Waals surface area contributed by atoms with Crippen LogP contribution in [0.2, 0.25) is 0 Å². The minimum Gasteiger partial charge on any atom is -0.320 e. The van der Waals surface area contributed by atoms with Crippen molar-refractivity contribution in [1.82, 2.24) is 0 Å². The lowest BCUT2D eigenvalue weighted by Crippen LogP contribution is -2.13. The van der Waals surface area contributed by atoms with Crippen LogP contribution in [0.5, 0.6) is 0 Å². The highest BCUT2D eigenvalue weighted by atomic mass is 32.1. The van der Waals surface area contributed by atoms with Crippen molar-refractivity contribution in [3.05, 3.63) is 57.8 Å². The Labute approximate surface area is 101 Å². The lowest BCUT2D eigenvalue weighted by molar-refractivity contribution is -0.137. The third kappa shape index (κ3) is 2.68. The molecule has 0 spiro atoms. The van der Waals surface area contributed by atoms with E-state index in [-0.39, 0.29) is 0 Å². The van der Waals surface area contributed by atoms with Crippen molar-refractivity contribution < 1.29 is 13.2 Å². The predicted molar refractivity (Wildman–Crippen MR) is 61.8 cm³/mol. The molecular formula is C12H10F3NS. The van der Waals surface area contributed by atoms with Crippen molar-refractivity contribution in [2.75, 3.05) is 0 Å². The number of benzene rings is 1. The second-order valence-corrected chi connectivity index (χ2v) is 4.44. The first kappa shape index (κ1) is 12.1. The zero-order valence-corrected chi connectivity index (χ0v) is 9.55. The molecule has 2 N–H and O–H groups in total. The largest absolute Gasteiger partial charge is 0.416 e. The first-order valence-electron chi connectivity index (χ1n) is 4.93. The van der Waals surface area contributed by atoms with E-state index in [0.29, 0.717) is 5.56 Å². The van der Waals surface area contributed by atoms with Crippen LogP contribution < -0.4 is 5.73 Å². The molecule has 0 saturated carbocycles. The molecule has 2 aromatic rings. The number of hydrogen-bond donors (Lipinski definition) is 1. The highest BCUT2D eigenvalue weighted by Gasteiger charge is 2.30. The summed E-state index contributed by atoms with van der Waals surface area (Å²) in [5.74, 6) is 0. The van der Waals surface area contributed by atoms with E-state index in [9.17, 15) is 13.2 Å². The predicted octanol–water partition coefficient (Wildman–Crippen LogP) is 3.82. The molecule has 0 aliphatic carbocycles. The smallest absolute Gasteiger partial charge is 0.320 e. The summed E-state index contributed by atoms with van der Waals surface area (Å²) in [5.41, 5.74) is 6.54. The van der Waals surface area contributed by atoms with Crippen molar-refractivity contribution in [2.45, 2.75) is 12.2 Å². The van der Waals surface area contributed by atoms with E-state index in [0.717, 1.165) is 17.7 Å². The molecule has 0 aliphatic heterocycles. The molecule has 0 amide bonds. The molecule has 0 fully saturated rings. The van der Waals surface area contributed by atoms with Crippen molar-refractivity contribution in [3.8, 4) is 0 Å². The van der Waals surface area contributed by atoms with Gasteiger partial charge in [-0.1, -0.05) is 12.1 Å². The first-order valence-corrected chi connectivity index (χ1v) is 5.87. The summed E-state index contributed by atoms with van der Waals surface area (Å²) in [6.07, 6.45) is -4.33. The van der Waals surface area contributed by atoms with Gasteiger partial charge >= 0.3 is 6.18 Å². The van der Waals surface area contributed by atoms with E-state index in [1.165, 1.54) is 17.4 Å². The maximum absolute atomic E-state index is 12.5. The highest BCUT2D eigenvalue weighted by molar-refractivity contribution is 7.08. The molecule has 5 heteroatoms. The van der Waals surface area contributed by atoms with Gasteiger partial charge in [0.25, 0.3) is 0 Å². The Balaban J connectivity index is 2.34. The third-order valence-corrected chi connectivity index (χ3v) is 3.18. The maximum Gasteiger partial charge on any atom is 0.416 e. The van der Waals surface area contributed by atoms with Crippen molar-refractivity contribution in [2.24, 2.45) is 5.73 Å². The minimum atomic E-state index is -4.33. The van der Waals surface area contributed by atoms with E-state index < -0.39 is 17.8 Å². The van der Waals surface area contributed by atoms with Crippen LogP contribution in [0.1, 0.15) is 22.7 Å². The molecule has 1 atom stereocenters.